The highest BCUT2D eigenvalue weighted by Crippen LogP contribution is 2.24. The fraction of sp³-hybridized carbons (Fsp3) is 0.0588. The normalized spacial score (nSPS) is 10.5. The lowest BCUT2D eigenvalue weighted by Gasteiger charge is -2.09. The smallest absolute Gasteiger partial charge is 0.335 e. The Morgan fingerprint density at radius 3 is 2.48 bits per heavy atom. The number of benzene rings is 2. The van der Waals surface area contributed by atoms with Crippen LogP contribution in [0, 0.1) is 6.92 Å². The van der Waals surface area contributed by atoms with Crippen molar-refractivity contribution < 1.29 is 9.90 Å². The van der Waals surface area contributed by atoms with Gasteiger partial charge in [-0.25, -0.2) is 9.78 Å². The van der Waals surface area contributed by atoms with Crippen LogP contribution in [0.5, 0.6) is 0 Å². The first-order valence-corrected chi connectivity index (χ1v) is 6.57. The minimum absolute atomic E-state index is 0.261. The monoisotopic (exact) mass is 278 g/mol. The summed E-state index contributed by atoms with van der Waals surface area (Å²) >= 11 is 0. The van der Waals surface area contributed by atoms with Gasteiger partial charge in [-0.3, -0.25) is 0 Å². The molecule has 0 amide bonds. The summed E-state index contributed by atoms with van der Waals surface area (Å²) in [4.78, 5) is 15.3. The summed E-state index contributed by atoms with van der Waals surface area (Å²) in [6.45, 7) is 2.02. The quantitative estimate of drug-likeness (QED) is 0.797. The Morgan fingerprint density at radius 2 is 1.86 bits per heavy atom. The Labute approximate surface area is 122 Å². The van der Waals surface area contributed by atoms with Gasteiger partial charge in [-0.1, -0.05) is 29.8 Å². The van der Waals surface area contributed by atoms with E-state index < -0.39 is 5.97 Å². The summed E-state index contributed by atoms with van der Waals surface area (Å²) < 4.78 is 1.80. The van der Waals surface area contributed by atoms with Gasteiger partial charge in [0, 0.05) is 18.1 Å². The Hall–Kier alpha value is -2.88. The second-order valence-electron chi connectivity index (χ2n) is 4.91. The van der Waals surface area contributed by atoms with Gasteiger partial charge in [0.05, 0.1) is 11.9 Å². The maximum Gasteiger partial charge on any atom is 0.335 e. The van der Waals surface area contributed by atoms with Crippen molar-refractivity contribution in [2.75, 3.05) is 0 Å². The first kappa shape index (κ1) is 13.1. The molecule has 0 saturated carbocycles. The van der Waals surface area contributed by atoms with Crippen molar-refractivity contribution in [2.24, 2.45) is 0 Å². The fourth-order valence-electron chi connectivity index (χ4n) is 2.21. The Morgan fingerprint density at radius 1 is 1.10 bits per heavy atom. The number of carbonyl (C=O) groups is 1. The molecule has 4 nitrogen and oxygen atoms in total. The molecule has 0 aliphatic carbocycles. The van der Waals surface area contributed by atoms with Crippen LogP contribution in [0.4, 0.5) is 0 Å². The van der Waals surface area contributed by atoms with Crippen molar-refractivity contribution in [2.45, 2.75) is 6.92 Å². The van der Waals surface area contributed by atoms with Gasteiger partial charge in [-0.2, -0.15) is 0 Å². The number of carboxylic acids is 1. The first-order valence-electron chi connectivity index (χ1n) is 6.57. The van der Waals surface area contributed by atoms with Gasteiger partial charge in [-0.15, -0.1) is 0 Å². The number of hydrogen-bond acceptors (Lipinski definition) is 2. The summed E-state index contributed by atoms with van der Waals surface area (Å²) in [5, 5.41) is 9.30. The van der Waals surface area contributed by atoms with E-state index in [1.165, 1.54) is 5.56 Å². The molecule has 1 aromatic heterocycles. The molecule has 1 heterocycles. The number of nitrogens with zero attached hydrogens (tertiary/aromatic N) is 2. The minimum atomic E-state index is -0.940. The van der Waals surface area contributed by atoms with E-state index >= 15 is 0 Å². The summed E-state index contributed by atoms with van der Waals surface area (Å²) in [5.74, 6) is -0.940. The highest BCUT2D eigenvalue weighted by atomic mass is 16.4. The van der Waals surface area contributed by atoms with Crippen molar-refractivity contribution >= 4 is 5.97 Å². The maximum absolute atomic E-state index is 11.3. The van der Waals surface area contributed by atoms with Crippen LogP contribution >= 0.6 is 0 Å². The highest BCUT2D eigenvalue weighted by Gasteiger charge is 2.09. The highest BCUT2D eigenvalue weighted by molar-refractivity contribution is 5.90. The first-order chi connectivity index (χ1) is 10.1. The van der Waals surface area contributed by atoms with Gasteiger partial charge in [0.1, 0.15) is 0 Å². The third kappa shape index (κ3) is 2.69. The van der Waals surface area contributed by atoms with E-state index in [1.807, 2.05) is 37.3 Å². The van der Waals surface area contributed by atoms with Gasteiger partial charge in [-0.05, 0) is 36.2 Å². The molecule has 4 heteroatoms. The van der Waals surface area contributed by atoms with Gasteiger partial charge < -0.3 is 9.67 Å². The van der Waals surface area contributed by atoms with Crippen LogP contribution in [0.3, 0.4) is 0 Å². The molecule has 21 heavy (non-hydrogen) atoms. The van der Waals surface area contributed by atoms with Crippen LogP contribution in [0.1, 0.15) is 15.9 Å². The maximum atomic E-state index is 11.3. The third-order valence-corrected chi connectivity index (χ3v) is 3.35. The molecule has 0 aliphatic heterocycles. The molecule has 0 aliphatic rings. The third-order valence-electron chi connectivity index (χ3n) is 3.35. The number of aromatic carboxylic acids is 1. The van der Waals surface area contributed by atoms with Crippen molar-refractivity contribution in [1.82, 2.24) is 9.55 Å². The second kappa shape index (κ2) is 5.25. The average Bonchev–Trinajstić information content (AvgIpc) is 3.02. The molecule has 0 radical (unpaired) electrons. The lowest BCUT2D eigenvalue weighted by Crippen LogP contribution is -2.00. The van der Waals surface area contributed by atoms with E-state index in [9.17, 15) is 9.90 Å². The lowest BCUT2D eigenvalue weighted by atomic mass is 10.0. The van der Waals surface area contributed by atoms with Gasteiger partial charge in [0.25, 0.3) is 0 Å². The van der Waals surface area contributed by atoms with E-state index in [0.29, 0.717) is 0 Å². The van der Waals surface area contributed by atoms with Gasteiger partial charge >= 0.3 is 5.97 Å². The summed E-state index contributed by atoms with van der Waals surface area (Å²) in [6, 6.07) is 13.3. The van der Waals surface area contributed by atoms with E-state index in [0.717, 1.165) is 16.8 Å². The Kier molecular flexibility index (Phi) is 3.28. The van der Waals surface area contributed by atoms with E-state index in [1.54, 1.807) is 35.4 Å². The Bertz CT molecular complexity index is 775. The van der Waals surface area contributed by atoms with E-state index in [2.05, 4.69) is 4.98 Å². The largest absolute Gasteiger partial charge is 0.478 e. The lowest BCUT2D eigenvalue weighted by molar-refractivity contribution is 0.0697. The molecule has 0 bridgehead atoms. The van der Waals surface area contributed by atoms with E-state index in [-0.39, 0.29) is 5.56 Å². The molecular weight excluding hydrogens is 264 g/mol. The Balaban J connectivity index is 2.16. The zero-order valence-electron chi connectivity index (χ0n) is 11.5. The van der Waals surface area contributed by atoms with Crippen molar-refractivity contribution in [3.8, 4) is 16.8 Å². The fourth-order valence-corrected chi connectivity index (χ4v) is 2.21. The van der Waals surface area contributed by atoms with Crippen molar-refractivity contribution in [3.05, 3.63) is 72.3 Å². The number of aromatic nitrogens is 2. The zero-order valence-corrected chi connectivity index (χ0v) is 11.5. The molecular formula is C17H14N2O2. The summed E-state index contributed by atoms with van der Waals surface area (Å²) in [6.07, 6.45) is 5.11. The van der Waals surface area contributed by atoms with Crippen LogP contribution in [0.2, 0.25) is 0 Å². The molecule has 2 aromatic carbocycles. The molecule has 104 valence electrons. The number of hydrogen-bond donors (Lipinski definition) is 1. The van der Waals surface area contributed by atoms with Crippen LogP contribution in [-0.2, 0) is 0 Å². The van der Waals surface area contributed by atoms with Gasteiger partial charge in [0.2, 0.25) is 0 Å². The summed E-state index contributed by atoms with van der Waals surface area (Å²) in [5.41, 5.74) is 4.08. The van der Waals surface area contributed by atoms with Crippen molar-refractivity contribution in [1.29, 1.82) is 0 Å². The second-order valence-corrected chi connectivity index (χ2v) is 4.91. The van der Waals surface area contributed by atoms with Crippen LogP contribution in [0.25, 0.3) is 16.8 Å². The molecule has 0 spiro atoms. The van der Waals surface area contributed by atoms with Gasteiger partial charge in [0.15, 0.2) is 0 Å². The molecule has 1 N–H and O–H groups in total. The van der Waals surface area contributed by atoms with Crippen LogP contribution in [0.15, 0.2) is 61.2 Å². The van der Waals surface area contributed by atoms with Crippen LogP contribution in [-0.4, -0.2) is 20.6 Å². The molecule has 0 saturated heterocycles. The average molecular weight is 278 g/mol. The summed E-state index contributed by atoms with van der Waals surface area (Å²) in [7, 11) is 0. The molecule has 0 unspecified atom stereocenters. The molecule has 3 rings (SSSR count). The van der Waals surface area contributed by atoms with Crippen molar-refractivity contribution in [3.63, 3.8) is 0 Å². The molecule has 0 fully saturated rings. The number of imidazole rings is 1. The standard InChI is InChI=1S/C17H14N2O2/c1-12-2-4-13(5-3-12)14-8-15(17(20)21)10-16(9-14)19-7-6-18-11-19/h2-11H,1H3,(H,20,21). The molecule has 0 atom stereocenters. The topological polar surface area (TPSA) is 55.1 Å². The number of rotatable bonds is 3. The predicted octanol–water partition coefficient (Wildman–Crippen LogP) is 3.55. The van der Waals surface area contributed by atoms with Crippen LogP contribution < -0.4 is 0 Å². The number of carboxylic acid groups (broad SMARTS) is 1. The zero-order chi connectivity index (χ0) is 14.8. The predicted molar refractivity (Wildman–Crippen MR) is 80.7 cm³/mol. The SMILES string of the molecule is Cc1ccc(-c2cc(C(=O)O)cc(-n3ccnc3)c2)cc1. The minimum Gasteiger partial charge on any atom is -0.478 e. The number of aryl methyl sites for hydroxylation is 1. The molecule has 3 aromatic rings. The van der Waals surface area contributed by atoms with E-state index in [4.69, 9.17) is 0 Å².